The van der Waals surface area contributed by atoms with Crippen molar-refractivity contribution in [3.05, 3.63) is 35.4 Å². The monoisotopic (exact) mass is 220 g/mol. The van der Waals surface area contributed by atoms with Gasteiger partial charge in [-0.3, -0.25) is 9.59 Å². The van der Waals surface area contributed by atoms with Gasteiger partial charge >= 0.3 is 5.97 Å². The number of rotatable bonds is 5. The zero-order valence-electron chi connectivity index (χ0n) is 9.56. The van der Waals surface area contributed by atoms with Crippen LogP contribution in [-0.2, 0) is 10.2 Å². The molecule has 0 spiro atoms. The molecule has 0 aliphatic carbocycles. The maximum absolute atomic E-state index is 10.5. The van der Waals surface area contributed by atoms with Crippen LogP contribution in [0.1, 0.15) is 42.6 Å². The fourth-order valence-corrected chi connectivity index (χ4v) is 1.58. The van der Waals surface area contributed by atoms with Gasteiger partial charge in [-0.05, 0) is 17.4 Å². The predicted molar refractivity (Wildman–Crippen MR) is 61.7 cm³/mol. The van der Waals surface area contributed by atoms with Gasteiger partial charge in [-0.1, -0.05) is 38.1 Å². The van der Waals surface area contributed by atoms with E-state index in [-0.39, 0.29) is 11.8 Å². The molecule has 0 radical (unpaired) electrons. The standard InChI is InChI=1S/C13H16O3/c1-13(2,8-7-12(15)16)11-5-3-10(9-14)4-6-11/h3-6,9H,7-8H2,1-2H3,(H,15,16). The van der Waals surface area contributed by atoms with Crippen molar-refractivity contribution in [2.45, 2.75) is 32.1 Å². The number of carboxylic acids is 1. The minimum absolute atomic E-state index is 0.155. The van der Waals surface area contributed by atoms with Crippen LogP contribution in [0.2, 0.25) is 0 Å². The lowest BCUT2D eigenvalue weighted by Gasteiger charge is -2.24. The van der Waals surface area contributed by atoms with Crippen molar-refractivity contribution in [1.82, 2.24) is 0 Å². The van der Waals surface area contributed by atoms with Crippen molar-refractivity contribution in [3.8, 4) is 0 Å². The summed E-state index contributed by atoms with van der Waals surface area (Å²) in [4.78, 5) is 21.0. The van der Waals surface area contributed by atoms with E-state index >= 15 is 0 Å². The van der Waals surface area contributed by atoms with E-state index in [0.717, 1.165) is 11.8 Å². The number of hydrogen-bond acceptors (Lipinski definition) is 2. The highest BCUT2D eigenvalue weighted by Gasteiger charge is 2.21. The van der Waals surface area contributed by atoms with Crippen molar-refractivity contribution in [1.29, 1.82) is 0 Å². The van der Waals surface area contributed by atoms with Gasteiger partial charge in [0.25, 0.3) is 0 Å². The molecule has 1 N–H and O–H groups in total. The predicted octanol–water partition coefficient (Wildman–Crippen LogP) is 2.64. The summed E-state index contributed by atoms with van der Waals surface area (Å²) in [6, 6.07) is 7.27. The maximum Gasteiger partial charge on any atom is 0.303 e. The molecule has 86 valence electrons. The molecule has 16 heavy (non-hydrogen) atoms. The van der Waals surface area contributed by atoms with Gasteiger partial charge in [0.15, 0.2) is 0 Å². The minimum atomic E-state index is -0.780. The Morgan fingerprint density at radius 1 is 1.31 bits per heavy atom. The molecule has 1 aromatic carbocycles. The highest BCUT2D eigenvalue weighted by molar-refractivity contribution is 5.74. The molecule has 0 aliphatic heterocycles. The van der Waals surface area contributed by atoms with Crippen molar-refractivity contribution in [3.63, 3.8) is 0 Å². The van der Waals surface area contributed by atoms with Gasteiger partial charge < -0.3 is 5.11 Å². The van der Waals surface area contributed by atoms with Crippen molar-refractivity contribution >= 4 is 12.3 Å². The normalized spacial score (nSPS) is 11.1. The topological polar surface area (TPSA) is 54.4 Å². The first-order chi connectivity index (χ1) is 7.45. The van der Waals surface area contributed by atoms with Crippen LogP contribution < -0.4 is 0 Å². The summed E-state index contributed by atoms with van der Waals surface area (Å²) < 4.78 is 0. The van der Waals surface area contributed by atoms with E-state index in [0.29, 0.717) is 12.0 Å². The minimum Gasteiger partial charge on any atom is -0.481 e. The van der Waals surface area contributed by atoms with Gasteiger partial charge in [0.1, 0.15) is 6.29 Å². The summed E-state index contributed by atoms with van der Waals surface area (Å²) >= 11 is 0. The summed E-state index contributed by atoms with van der Waals surface area (Å²) in [5.41, 5.74) is 1.51. The average molecular weight is 220 g/mol. The van der Waals surface area contributed by atoms with E-state index in [4.69, 9.17) is 5.11 Å². The second-order valence-electron chi connectivity index (χ2n) is 4.52. The number of carbonyl (C=O) groups excluding carboxylic acids is 1. The number of carboxylic acid groups (broad SMARTS) is 1. The Balaban J connectivity index is 2.80. The molecule has 0 fully saturated rings. The number of carbonyl (C=O) groups is 2. The fourth-order valence-electron chi connectivity index (χ4n) is 1.58. The largest absolute Gasteiger partial charge is 0.481 e. The Morgan fingerprint density at radius 3 is 2.31 bits per heavy atom. The van der Waals surface area contributed by atoms with E-state index in [1.54, 1.807) is 12.1 Å². The zero-order chi connectivity index (χ0) is 12.2. The summed E-state index contributed by atoms with van der Waals surface area (Å²) in [6.07, 6.45) is 1.54. The SMILES string of the molecule is CC(C)(CCC(=O)O)c1ccc(C=O)cc1. The Labute approximate surface area is 95.1 Å². The molecule has 0 amide bonds. The quantitative estimate of drug-likeness (QED) is 0.776. The van der Waals surface area contributed by atoms with E-state index < -0.39 is 5.97 Å². The third-order valence-corrected chi connectivity index (χ3v) is 2.79. The highest BCUT2D eigenvalue weighted by Crippen LogP contribution is 2.28. The Kier molecular flexibility index (Phi) is 3.82. The molecule has 0 bridgehead atoms. The van der Waals surface area contributed by atoms with Crippen LogP contribution in [0.4, 0.5) is 0 Å². The molecule has 0 unspecified atom stereocenters. The number of aldehydes is 1. The molecule has 3 heteroatoms. The Morgan fingerprint density at radius 2 is 1.88 bits per heavy atom. The first-order valence-electron chi connectivity index (χ1n) is 5.23. The number of benzene rings is 1. The summed E-state index contributed by atoms with van der Waals surface area (Å²) in [6.45, 7) is 4.01. The van der Waals surface area contributed by atoms with E-state index in [2.05, 4.69) is 0 Å². The van der Waals surface area contributed by atoms with Crippen molar-refractivity contribution in [2.75, 3.05) is 0 Å². The van der Waals surface area contributed by atoms with Crippen LogP contribution >= 0.6 is 0 Å². The second-order valence-corrected chi connectivity index (χ2v) is 4.52. The lowest BCUT2D eigenvalue weighted by molar-refractivity contribution is -0.137. The van der Waals surface area contributed by atoms with Crippen molar-refractivity contribution in [2.24, 2.45) is 0 Å². The van der Waals surface area contributed by atoms with E-state index in [1.807, 2.05) is 26.0 Å². The lowest BCUT2D eigenvalue weighted by Crippen LogP contribution is -2.18. The third kappa shape index (κ3) is 3.19. The van der Waals surface area contributed by atoms with Gasteiger partial charge in [0.2, 0.25) is 0 Å². The zero-order valence-corrected chi connectivity index (χ0v) is 9.56. The summed E-state index contributed by atoms with van der Waals surface area (Å²) in [5.74, 6) is -0.780. The van der Waals surface area contributed by atoms with Crippen LogP contribution in [0.15, 0.2) is 24.3 Å². The first kappa shape index (κ1) is 12.4. The molecule has 0 heterocycles. The molecule has 3 nitrogen and oxygen atoms in total. The molecule has 1 rings (SSSR count). The van der Waals surface area contributed by atoms with Gasteiger partial charge in [-0.15, -0.1) is 0 Å². The van der Waals surface area contributed by atoms with Gasteiger partial charge in [-0.2, -0.15) is 0 Å². The van der Waals surface area contributed by atoms with Crippen LogP contribution in [0.5, 0.6) is 0 Å². The molecule has 0 atom stereocenters. The first-order valence-corrected chi connectivity index (χ1v) is 5.23. The molecular weight excluding hydrogens is 204 g/mol. The van der Waals surface area contributed by atoms with Crippen LogP contribution in [0, 0.1) is 0 Å². The molecule has 0 saturated carbocycles. The maximum atomic E-state index is 10.5. The molecule has 0 saturated heterocycles. The molecular formula is C13H16O3. The lowest BCUT2D eigenvalue weighted by atomic mass is 9.80. The smallest absolute Gasteiger partial charge is 0.303 e. The van der Waals surface area contributed by atoms with Crippen LogP contribution in [-0.4, -0.2) is 17.4 Å². The third-order valence-electron chi connectivity index (χ3n) is 2.79. The molecule has 0 aromatic heterocycles. The Bertz CT molecular complexity index is 377. The fraction of sp³-hybridized carbons (Fsp3) is 0.385. The average Bonchev–Trinajstić information content (AvgIpc) is 2.27. The number of aliphatic carboxylic acids is 1. The van der Waals surface area contributed by atoms with Crippen LogP contribution in [0.25, 0.3) is 0 Å². The summed E-state index contributed by atoms with van der Waals surface area (Å²) in [7, 11) is 0. The van der Waals surface area contributed by atoms with Crippen molar-refractivity contribution < 1.29 is 14.7 Å². The van der Waals surface area contributed by atoms with Gasteiger partial charge in [0.05, 0.1) is 0 Å². The highest BCUT2D eigenvalue weighted by atomic mass is 16.4. The van der Waals surface area contributed by atoms with E-state index in [1.165, 1.54) is 0 Å². The molecule has 1 aromatic rings. The Hall–Kier alpha value is -1.64. The van der Waals surface area contributed by atoms with Gasteiger partial charge in [-0.25, -0.2) is 0 Å². The number of hydrogen-bond donors (Lipinski definition) is 1. The second kappa shape index (κ2) is 4.92. The van der Waals surface area contributed by atoms with Gasteiger partial charge in [0, 0.05) is 12.0 Å². The van der Waals surface area contributed by atoms with E-state index in [9.17, 15) is 9.59 Å². The van der Waals surface area contributed by atoms with Crippen LogP contribution in [0.3, 0.4) is 0 Å². The molecule has 0 aliphatic rings. The summed E-state index contributed by atoms with van der Waals surface area (Å²) in [5, 5.41) is 8.66.